The molecule has 1 rings (SSSR count). The molecule has 102 valence electrons. The van der Waals surface area contributed by atoms with Gasteiger partial charge in [0.25, 0.3) is 0 Å². The second-order valence-electron chi connectivity index (χ2n) is 5.07. The number of benzene rings is 1. The van der Waals surface area contributed by atoms with E-state index in [-0.39, 0.29) is 0 Å². The van der Waals surface area contributed by atoms with Crippen LogP contribution in [-0.4, -0.2) is 27.2 Å². The van der Waals surface area contributed by atoms with E-state index >= 15 is 0 Å². The summed E-state index contributed by atoms with van der Waals surface area (Å²) in [5.41, 5.74) is 2.65. The second kappa shape index (κ2) is 8.02. The van der Waals surface area contributed by atoms with Crippen molar-refractivity contribution in [2.24, 2.45) is 0 Å². The lowest BCUT2D eigenvalue weighted by atomic mass is 10.2. The maximum Gasteiger partial charge on any atom is 0.0384 e. The minimum absolute atomic E-state index is 1.14. The number of nitrogens with zero attached hydrogens (tertiary/aromatic N) is 2. The highest BCUT2D eigenvalue weighted by Crippen LogP contribution is 2.21. The molecule has 0 saturated heterocycles. The molecule has 2 nitrogen and oxygen atoms in total. The summed E-state index contributed by atoms with van der Waals surface area (Å²) in [6, 6.07) is 8.86. The topological polar surface area (TPSA) is 6.48 Å². The summed E-state index contributed by atoms with van der Waals surface area (Å²) >= 11 is 0. The van der Waals surface area contributed by atoms with Gasteiger partial charge in [0.1, 0.15) is 0 Å². The molecule has 0 N–H and O–H groups in total. The Morgan fingerprint density at radius 1 is 0.833 bits per heavy atom. The van der Waals surface area contributed by atoms with Crippen molar-refractivity contribution in [3.8, 4) is 0 Å². The molecule has 0 aliphatic rings. The van der Waals surface area contributed by atoms with Gasteiger partial charge in [-0.15, -0.1) is 0 Å². The molecule has 0 saturated carbocycles. The maximum atomic E-state index is 2.35. The molecule has 0 atom stereocenters. The number of hydrogen-bond acceptors (Lipinski definition) is 2. The Hall–Kier alpha value is -1.18. The third kappa shape index (κ3) is 4.59. The molecule has 0 amide bonds. The Balaban J connectivity index is 2.66. The van der Waals surface area contributed by atoms with Gasteiger partial charge < -0.3 is 9.80 Å². The van der Waals surface area contributed by atoms with E-state index in [4.69, 9.17) is 0 Å². The van der Waals surface area contributed by atoms with Gasteiger partial charge in [0.2, 0.25) is 0 Å². The lowest BCUT2D eigenvalue weighted by Crippen LogP contribution is -2.21. The highest BCUT2D eigenvalue weighted by molar-refractivity contribution is 5.58. The van der Waals surface area contributed by atoms with Gasteiger partial charge in [-0.2, -0.15) is 0 Å². The van der Waals surface area contributed by atoms with E-state index in [0.717, 1.165) is 13.1 Å². The number of rotatable bonds is 8. The van der Waals surface area contributed by atoms with E-state index in [1.165, 1.54) is 37.1 Å². The molecule has 0 aliphatic heterocycles. The molecule has 18 heavy (non-hydrogen) atoms. The molecule has 0 aromatic heterocycles. The molecular weight excluding hydrogens is 220 g/mol. The van der Waals surface area contributed by atoms with Crippen molar-refractivity contribution in [2.75, 3.05) is 37.0 Å². The maximum absolute atomic E-state index is 2.35. The van der Waals surface area contributed by atoms with Crippen molar-refractivity contribution >= 4 is 11.4 Å². The predicted molar refractivity (Wildman–Crippen MR) is 82.8 cm³/mol. The number of unbranched alkanes of at least 4 members (excludes halogenated alkanes) is 2. The van der Waals surface area contributed by atoms with E-state index in [1.807, 2.05) is 0 Å². The second-order valence-corrected chi connectivity index (χ2v) is 5.07. The van der Waals surface area contributed by atoms with Crippen molar-refractivity contribution < 1.29 is 0 Å². The van der Waals surface area contributed by atoms with Crippen LogP contribution in [0.5, 0.6) is 0 Å². The molecular formula is C16H28N2. The van der Waals surface area contributed by atoms with E-state index in [1.54, 1.807) is 0 Å². The average Bonchev–Trinajstić information content (AvgIpc) is 2.42. The summed E-state index contributed by atoms with van der Waals surface area (Å²) in [5.74, 6) is 0. The quantitative estimate of drug-likeness (QED) is 0.681. The van der Waals surface area contributed by atoms with Crippen LogP contribution in [0.15, 0.2) is 24.3 Å². The minimum Gasteiger partial charge on any atom is -0.375 e. The lowest BCUT2D eigenvalue weighted by molar-refractivity contribution is 0.761. The van der Waals surface area contributed by atoms with Gasteiger partial charge in [-0.05, 0) is 31.0 Å². The predicted octanol–water partition coefficient (Wildman–Crippen LogP) is 4.16. The highest BCUT2D eigenvalue weighted by atomic mass is 15.1. The van der Waals surface area contributed by atoms with Crippen LogP contribution in [0.25, 0.3) is 0 Å². The molecule has 1 aromatic rings. The molecule has 2 heteroatoms. The van der Waals surface area contributed by atoms with Crippen molar-refractivity contribution in [1.82, 2.24) is 0 Å². The van der Waals surface area contributed by atoms with Crippen molar-refractivity contribution in [1.29, 1.82) is 0 Å². The monoisotopic (exact) mass is 248 g/mol. The lowest BCUT2D eigenvalue weighted by Gasteiger charge is -2.23. The minimum atomic E-state index is 1.14. The summed E-state index contributed by atoms with van der Waals surface area (Å²) in [6.07, 6.45) is 5.01. The summed E-state index contributed by atoms with van der Waals surface area (Å²) in [4.78, 5) is 4.70. The van der Waals surface area contributed by atoms with Gasteiger partial charge >= 0.3 is 0 Å². The van der Waals surface area contributed by atoms with Gasteiger partial charge in [0, 0.05) is 38.6 Å². The Morgan fingerprint density at radius 2 is 1.28 bits per heavy atom. The molecule has 0 aliphatic carbocycles. The zero-order valence-electron chi connectivity index (χ0n) is 12.4. The first-order valence-corrected chi connectivity index (χ1v) is 7.21. The fraction of sp³-hybridized carbons (Fsp3) is 0.625. The molecule has 1 aromatic carbocycles. The third-order valence-corrected chi connectivity index (χ3v) is 3.41. The van der Waals surface area contributed by atoms with Crippen LogP contribution in [0.3, 0.4) is 0 Å². The summed E-state index contributed by atoms with van der Waals surface area (Å²) in [7, 11) is 4.36. The van der Waals surface area contributed by atoms with Gasteiger partial charge in [0.05, 0.1) is 0 Å². The average molecular weight is 248 g/mol. The standard InChI is InChI=1S/C16H28N2/c1-5-7-12-17(3)15-10-9-11-16(14-15)18(4)13-8-6-2/h9-11,14H,5-8,12-13H2,1-4H3. The Morgan fingerprint density at radius 3 is 1.67 bits per heavy atom. The van der Waals surface area contributed by atoms with Crippen molar-refractivity contribution in [3.05, 3.63) is 24.3 Å². The Kier molecular flexibility index (Phi) is 6.63. The zero-order chi connectivity index (χ0) is 13.4. The number of hydrogen-bond donors (Lipinski definition) is 0. The van der Waals surface area contributed by atoms with Crippen LogP contribution in [0.4, 0.5) is 11.4 Å². The fourth-order valence-electron chi connectivity index (χ4n) is 2.02. The summed E-state index contributed by atoms with van der Waals surface area (Å²) in [5, 5.41) is 0. The van der Waals surface area contributed by atoms with Crippen LogP contribution >= 0.6 is 0 Å². The third-order valence-electron chi connectivity index (χ3n) is 3.41. The van der Waals surface area contributed by atoms with Crippen LogP contribution < -0.4 is 9.80 Å². The largest absolute Gasteiger partial charge is 0.375 e. The summed E-state index contributed by atoms with van der Waals surface area (Å²) < 4.78 is 0. The first kappa shape index (κ1) is 14.9. The molecule has 0 unspecified atom stereocenters. The summed E-state index contributed by atoms with van der Waals surface area (Å²) in [6.45, 7) is 6.75. The van der Waals surface area contributed by atoms with E-state index in [9.17, 15) is 0 Å². The smallest absolute Gasteiger partial charge is 0.0384 e. The van der Waals surface area contributed by atoms with Gasteiger partial charge in [-0.3, -0.25) is 0 Å². The van der Waals surface area contributed by atoms with Crippen LogP contribution in [-0.2, 0) is 0 Å². The number of anilines is 2. The molecule has 0 bridgehead atoms. The van der Waals surface area contributed by atoms with Crippen LogP contribution in [0.1, 0.15) is 39.5 Å². The Labute approximate surface area is 113 Å². The first-order valence-electron chi connectivity index (χ1n) is 7.21. The van der Waals surface area contributed by atoms with Crippen LogP contribution in [0.2, 0.25) is 0 Å². The normalized spacial score (nSPS) is 10.4. The van der Waals surface area contributed by atoms with E-state index in [0.29, 0.717) is 0 Å². The van der Waals surface area contributed by atoms with E-state index < -0.39 is 0 Å². The SMILES string of the molecule is CCCCN(C)c1cccc(N(C)CCCC)c1. The van der Waals surface area contributed by atoms with Crippen LogP contribution in [0, 0.1) is 0 Å². The fourth-order valence-corrected chi connectivity index (χ4v) is 2.02. The van der Waals surface area contributed by atoms with E-state index in [2.05, 4.69) is 62.0 Å². The molecule has 0 fully saturated rings. The van der Waals surface area contributed by atoms with Gasteiger partial charge in [-0.1, -0.05) is 32.8 Å². The molecule has 0 heterocycles. The zero-order valence-corrected chi connectivity index (χ0v) is 12.4. The Bertz CT molecular complexity index is 306. The first-order chi connectivity index (χ1) is 8.69. The van der Waals surface area contributed by atoms with Crippen molar-refractivity contribution in [3.63, 3.8) is 0 Å². The van der Waals surface area contributed by atoms with Gasteiger partial charge in [0.15, 0.2) is 0 Å². The van der Waals surface area contributed by atoms with Crippen molar-refractivity contribution in [2.45, 2.75) is 39.5 Å². The molecule has 0 radical (unpaired) electrons. The highest BCUT2D eigenvalue weighted by Gasteiger charge is 2.04. The van der Waals surface area contributed by atoms with Gasteiger partial charge in [-0.25, -0.2) is 0 Å². The molecule has 0 spiro atoms.